The first-order valence-corrected chi connectivity index (χ1v) is 13.6. The Hall–Kier alpha value is -3.58. The number of aromatic nitrogens is 4. The van der Waals surface area contributed by atoms with Crippen LogP contribution in [-0.4, -0.2) is 50.2 Å². The van der Waals surface area contributed by atoms with E-state index in [1.165, 1.54) is 4.52 Å². The maximum atomic E-state index is 14.1. The highest BCUT2D eigenvalue weighted by Gasteiger charge is 2.45. The molecule has 2 aliphatic rings. The van der Waals surface area contributed by atoms with Crippen LogP contribution in [0, 0.1) is 17.8 Å². The predicted molar refractivity (Wildman–Crippen MR) is 135 cm³/mol. The smallest absolute Gasteiger partial charge is 0.365 e. The van der Waals surface area contributed by atoms with E-state index in [0.29, 0.717) is 22.7 Å². The Balaban J connectivity index is 1.49. The number of rotatable bonds is 7. The minimum atomic E-state index is -4.42. The molecule has 1 aliphatic carbocycles. The molecular formula is C27H31F5N6O3. The average Bonchev–Trinajstić information content (AvgIpc) is 3.50. The summed E-state index contributed by atoms with van der Waals surface area (Å²) in [5, 5.41) is 10.9. The van der Waals surface area contributed by atoms with Crippen LogP contribution in [0.2, 0.25) is 0 Å². The third kappa shape index (κ3) is 5.91. The van der Waals surface area contributed by atoms with Gasteiger partial charge in [-0.2, -0.15) is 18.3 Å². The van der Waals surface area contributed by atoms with Gasteiger partial charge in [-0.15, -0.1) is 0 Å². The first-order valence-electron chi connectivity index (χ1n) is 13.6. The first kappa shape index (κ1) is 28.9. The predicted octanol–water partition coefficient (Wildman–Crippen LogP) is 4.75. The van der Waals surface area contributed by atoms with E-state index in [1.54, 1.807) is 18.3 Å². The van der Waals surface area contributed by atoms with Gasteiger partial charge in [0.15, 0.2) is 11.4 Å². The summed E-state index contributed by atoms with van der Waals surface area (Å²) in [4.78, 5) is 29.5. The third-order valence-electron chi connectivity index (χ3n) is 8.15. The molecule has 14 heteroatoms. The Bertz CT molecular complexity index is 1440. The maximum absolute atomic E-state index is 14.1. The molecule has 2 amide bonds. The average molecular weight is 583 g/mol. The number of imidazole rings is 1. The van der Waals surface area contributed by atoms with E-state index in [1.807, 2.05) is 13.8 Å². The Labute approximate surface area is 232 Å². The molecule has 0 bridgehead atoms. The number of fused-ring (bicyclic) bond motifs is 1. The van der Waals surface area contributed by atoms with Crippen molar-refractivity contribution in [3.05, 3.63) is 46.7 Å². The van der Waals surface area contributed by atoms with E-state index in [-0.39, 0.29) is 61.7 Å². The van der Waals surface area contributed by atoms with Crippen LogP contribution in [0.25, 0.3) is 5.65 Å². The van der Waals surface area contributed by atoms with Gasteiger partial charge in [-0.1, -0.05) is 19.0 Å². The second-order valence-corrected chi connectivity index (χ2v) is 11.4. The third-order valence-corrected chi connectivity index (χ3v) is 8.15. The summed E-state index contributed by atoms with van der Waals surface area (Å²) < 4.78 is 75.0. The highest BCUT2D eigenvalue weighted by molar-refractivity contribution is 5.95. The summed E-state index contributed by atoms with van der Waals surface area (Å²) in [6, 6.07) is 3.21. The van der Waals surface area contributed by atoms with Gasteiger partial charge in [-0.3, -0.25) is 9.59 Å². The molecule has 3 aromatic heterocycles. The molecule has 3 aromatic rings. The van der Waals surface area contributed by atoms with Gasteiger partial charge in [0.1, 0.15) is 5.56 Å². The van der Waals surface area contributed by atoms with Gasteiger partial charge >= 0.3 is 6.18 Å². The molecule has 1 aliphatic heterocycles. The highest BCUT2D eigenvalue weighted by atomic mass is 19.4. The van der Waals surface area contributed by atoms with Gasteiger partial charge in [0, 0.05) is 31.7 Å². The summed E-state index contributed by atoms with van der Waals surface area (Å²) in [6.07, 6.45) is -3.53. The van der Waals surface area contributed by atoms with E-state index in [4.69, 9.17) is 10.3 Å². The quantitative estimate of drug-likeness (QED) is 0.387. The molecule has 0 radical (unpaired) electrons. The molecule has 1 saturated carbocycles. The lowest BCUT2D eigenvalue weighted by molar-refractivity contribution is -0.183. The second-order valence-electron chi connectivity index (χ2n) is 11.4. The monoisotopic (exact) mass is 582 g/mol. The molecule has 0 aromatic carbocycles. The number of nitrogens with one attached hydrogen (secondary N) is 1. The first-order chi connectivity index (χ1) is 19.2. The van der Waals surface area contributed by atoms with Crippen molar-refractivity contribution < 1.29 is 36.1 Å². The lowest BCUT2D eigenvalue weighted by Gasteiger charge is -2.32. The van der Waals surface area contributed by atoms with Crippen LogP contribution in [0.15, 0.2) is 22.9 Å². The number of hydrogen-bond acceptors (Lipinski definition) is 6. The van der Waals surface area contributed by atoms with Gasteiger partial charge in [-0.05, 0) is 43.2 Å². The molecule has 2 fully saturated rings. The zero-order valence-corrected chi connectivity index (χ0v) is 22.5. The zero-order valence-electron chi connectivity index (χ0n) is 22.5. The number of amides is 2. The van der Waals surface area contributed by atoms with Crippen molar-refractivity contribution in [2.24, 2.45) is 23.5 Å². The van der Waals surface area contributed by atoms with E-state index in [2.05, 4.69) is 20.6 Å². The van der Waals surface area contributed by atoms with Crippen molar-refractivity contribution in [3.63, 3.8) is 0 Å². The maximum Gasteiger partial charge on any atom is 0.393 e. The van der Waals surface area contributed by atoms with Crippen LogP contribution < -0.4 is 11.1 Å². The Morgan fingerprint density at radius 1 is 1.24 bits per heavy atom. The molecule has 0 spiro atoms. The van der Waals surface area contributed by atoms with Crippen LogP contribution in [0.4, 0.5) is 22.0 Å². The van der Waals surface area contributed by atoms with Gasteiger partial charge in [0.2, 0.25) is 11.8 Å². The highest BCUT2D eigenvalue weighted by Crippen LogP contribution is 2.46. The number of primary amides is 1. The molecule has 3 N–H and O–H groups in total. The number of nitrogens with zero attached hydrogens (tertiary/aromatic N) is 4. The van der Waals surface area contributed by atoms with Crippen LogP contribution >= 0.6 is 0 Å². The van der Waals surface area contributed by atoms with Crippen molar-refractivity contribution in [2.75, 3.05) is 6.54 Å². The fourth-order valence-electron chi connectivity index (χ4n) is 5.93. The number of alkyl halides is 5. The van der Waals surface area contributed by atoms with Crippen LogP contribution in [0.5, 0.6) is 0 Å². The Kier molecular flexibility index (Phi) is 7.53. The Morgan fingerprint density at radius 2 is 1.95 bits per heavy atom. The molecule has 3 atom stereocenters. The number of hydrogen-bond donors (Lipinski definition) is 2. The number of carbonyl (C=O) groups excluding carboxylic acids is 2. The van der Waals surface area contributed by atoms with Crippen molar-refractivity contribution in [1.82, 2.24) is 25.1 Å². The lowest BCUT2D eigenvalue weighted by atomic mass is 9.75. The standard InChI is InChI=1S/C27H31F5N6O3/c1-13(2)22-21(24(33)39)23(41-37-22)20(14-5-7-26(28,29)8-6-14)18-12-38-19(35-18)4-3-17(36-38)10-15-9-16(27(30,31)32)11-34-25(15)40/h3-4,12-16,20H,5-11H2,1-2H3,(H2,33,39)(H,34,40)/t15?,16-,20?/m1/s1. The number of piperidine rings is 1. The molecule has 41 heavy (non-hydrogen) atoms. The van der Waals surface area contributed by atoms with Crippen LogP contribution in [0.3, 0.4) is 0 Å². The van der Waals surface area contributed by atoms with E-state index >= 15 is 0 Å². The van der Waals surface area contributed by atoms with Gasteiger partial charge in [0.05, 0.1) is 35.1 Å². The van der Waals surface area contributed by atoms with Crippen LogP contribution in [0.1, 0.15) is 91.0 Å². The van der Waals surface area contributed by atoms with Gasteiger partial charge in [-0.25, -0.2) is 18.3 Å². The topological polar surface area (TPSA) is 128 Å². The fraction of sp³-hybridized carbons (Fsp3) is 0.593. The van der Waals surface area contributed by atoms with Crippen molar-refractivity contribution >= 4 is 17.5 Å². The molecule has 1 saturated heterocycles. The van der Waals surface area contributed by atoms with Gasteiger partial charge in [0.25, 0.3) is 5.91 Å². The minimum absolute atomic E-state index is 0.00528. The number of carbonyl (C=O) groups is 2. The molecule has 222 valence electrons. The largest absolute Gasteiger partial charge is 0.393 e. The summed E-state index contributed by atoms with van der Waals surface area (Å²) in [6.45, 7) is 3.20. The fourth-order valence-corrected chi connectivity index (χ4v) is 5.93. The minimum Gasteiger partial charge on any atom is -0.365 e. The summed E-state index contributed by atoms with van der Waals surface area (Å²) in [5.41, 5.74) is 7.38. The normalized spacial score (nSPS) is 22.7. The molecule has 2 unspecified atom stereocenters. The second kappa shape index (κ2) is 10.7. The van der Waals surface area contributed by atoms with E-state index < -0.39 is 48.2 Å². The van der Waals surface area contributed by atoms with Crippen molar-refractivity contribution in [1.29, 1.82) is 0 Å². The van der Waals surface area contributed by atoms with Crippen molar-refractivity contribution in [2.45, 2.75) is 76.3 Å². The lowest BCUT2D eigenvalue weighted by Crippen LogP contribution is -2.47. The number of halogens is 5. The molecule has 4 heterocycles. The molecule has 5 rings (SSSR count). The van der Waals surface area contributed by atoms with Gasteiger partial charge < -0.3 is 15.6 Å². The summed E-state index contributed by atoms with van der Waals surface area (Å²) in [7, 11) is 0. The van der Waals surface area contributed by atoms with E-state index in [9.17, 15) is 31.5 Å². The SMILES string of the molecule is CC(C)c1noc(C(c2cn3nc(CC4C[C@@H](C(F)(F)F)CNC4=O)ccc3n2)C2CCC(F)(F)CC2)c1C(N)=O. The van der Waals surface area contributed by atoms with Crippen LogP contribution in [-0.2, 0) is 11.2 Å². The zero-order chi connectivity index (χ0) is 29.7. The Morgan fingerprint density at radius 3 is 2.59 bits per heavy atom. The summed E-state index contributed by atoms with van der Waals surface area (Å²) in [5.74, 6) is -7.62. The summed E-state index contributed by atoms with van der Waals surface area (Å²) >= 11 is 0. The molecule has 9 nitrogen and oxygen atoms in total. The number of nitrogens with two attached hydrogens (primary N) is 1. The van der Waals surface area contributed by atoms with Crippen molar-refractivity contribution in [3.8, 4) is 0 Å². The molecular weight excluding hydrogens is 551 g/mol. The van der Waals surface area contributed by atoms with E-state index in [0.717, 1.165) is 0 Å².